The molecule has 1 aromatic heterocycles. The number of benzene rings is 1. The van der Waals surface area contributed by atoms with Crippen LogP contribution in [-0.4, -0.2) is 17.9 Å². The average molecular weight is 256 g/mol. The third-order valence-electron chi connectivity index (χ3n) is 2.90. The number of hydrogen-bond donors (Lipinski definition) is 1. The van der Waals surface area contributed by atoms with E-state index in [0.29, 0.717) is 5.56 Å². The molecule has 4 nitrogen and oxygen atoms in total. The first-order valence-corrected chi connectivity index (χ1v) is 5.97. The van der Waals surface area contributed by atoms with Crippen LogP contribution in [0.25, 0.3) is 0 Å². The summed E-state index contributed by atoms with van der Waals surface area (Å²) in [7, 11) is 1.51. The van der Waals surface area contributed by atoms with E-state index in [1.165, 1.54) is 7.11 Å². The van der Waals surface area contributed by atoms with Crippen LogP contribution in [0.1, 0.15) is 27.6 Å². The molecule has 1 unspecified atom stereocenters. The van der Waals surface area contributed by atoms with Gasteiger partial charge in [0.2, 0.25) is 0 Å². The second-order valence-electron chi connectivity index (χ2n) is 4.34. The number of rotatable bonds is 4. The zero-order valence-corrected chi connectivity index (χ0v) is 11.0. The van der Waals surface area contributed by atoms with Crippen molar-refractivity contribution in [2.75, 3.05) is 12.8 Å². The first kappa shape index (κ1) is 13.2. The summed E-state index contributed by atoms with van der Waals surface area (Å²) < 4.78 is 5.31. The first-order chi connectivity index (χ1) is 9.13. The average Bonchev–Trinajstić information content (AvgIpc) is 2.43. The number of nitrogens with two attached hydrogens (primary N) is 1. The number of carbonyl (C=O) groups is 1. The fourth-order valence-electron chi connectivity index (χ4n) is 1.94. The van der Waals surface area contributed by atoms with E-state index in [-0.39, 0.29) is 11.6 Å². The molecule has 0 saturated carbocycles. The molecule has 0 aliphatic heterocycles. The SMILES string of the molecule is COC(C(=O)c1cc(C)cnc1N)c1ccccc1. The number of Topliss-reactive ketones (excluding diaryl/α,β-unsaturated/α-hetero) is 1. The van der Waals surface area contributed by atoms with Gasteiger partial charge in [0.1, 0.15) is 11.9 Å². The second-order valence-corrected chi connectivity index (χ2v) is 4.34. The van der Waals surface area contributed by atoms with Crippen LogP contribution in [0.15, 0.2) is 42.6 Å². The van der Waals surface area contributed by atoms with Crippen LogP contribution in [0, 0.1) is 6.92 Å². The Kier molecular flexibility index (Phi) is 3.92. The van der Waals surface area contributed by atoms with E-state index in [1.54, 1.807) is 12.3 Å². The van der Waals surface area contributed by atoms with Gasteiger partial charge in [0, 0.05) is 13.3 Å². The van der Waals surface area contributed by atoms with Gasteiger partial charge >= 0.3 is 0 Å². The minimum absolute atomic E-state index is 0.178. The molecule has 0 spiro atoms. The lowest BCUT2D eigenvalue weighted by atomic mass is 9.99. The summed E-state index contributed by atoms with van der Waals surface area (Å²) >= 11 is 0. The van der Waals surface area contributed by atoms with Gasteiger partial charge in [0.05, 0.1) is 5.56 Å². The molecular formula is C15H16N2O2. The van der Waals surface area contributed by atoms with Gasteiger partial charge in [0.25, 0.3) is 0 Å². The number of hydrogen-bond acceptors (Lipinski definition) is 4. The minimum atomic E-state index is -0.660. The zero-order valence-electron chi connectivity index (χ0n) is 11.0. The molecule has 0 amide bonds. The molecule has 0 fully saturated rings. The van der Waals surface area contributed by atoms with E-state index in [2.05, 4.69) is 4.98 Å². The van der Waals surface area contributed by atoms with Crippen molar-refractivity contribution in [1.29, 1.82) is 0 Å². The van der Waals surface area contributed by atoms with Crippen molar-refractivity contribution in [3.8, 4) is 0 Å². The third-order valence-corrected chi connectivity index (χ3v) is 2.90. The van der Waals surface area contributed by atoms with Crippen LogP contribution in [0.5, 0.6) is 0 Å². The smallest absolute Gasteiger partial charge is 0.199 e. The molecule has 19 heavy (non-hydrogen) atoms. The number of aromatic nitrogens is 1. The zero-order chi connectivity index (χ0) is 13.8. The third kappa shape index (κ3) is 2.80. The molecule has 2 aromatic rings. The topological polar surface area (TPSA) is 65.2 Å². The van der Waals surface area contributed by atoms with Crippen LogP contribution in [-0.2, 0) is 4.74 Å². The number of aryl methyl sites for hydroxylation is 1. The van der Waals surface area contributed by atoms with Crippen molar-refractivity contribution >= 4 is 11.6 Å². The lowest BCUT2D eigenvalue weighted by Gasteiger charge is -2.15. The normalized spacial score (nSPS) is 12.1. The second kappa shape index (κ2) is 5.63. The predicted molar refractivity (Wildman–Crippen MR) is 73.9 cm³/mol. The van der Waals surface area contributed by atoms with E-state index in [9.17, 15) is 4.79 Å². The quantitative estimate of drug-likeness (QED) is 0.854. The molecule has 1 atom stereocenters. The molecule has 4 heteroatoms. The predicted octanol–water partition coefficient (Wildman–Crippen LogP) is 2.54. The molecule has 2 N–H and O–H groups in total. The van der Waals surface area contributed by atoms with Crippen molar-refractivity contribution in [3.05, 3.63) is 59.3 Å². The molecule has 2 rings (SSSR count). The highest BCUT2D eigenvalue weighted by molar-refractivity contribution is 6.03. The van der Waals surface area contributed by atoms with Crippen molar-refractivity contribution < 1.29 is 9.53 Å². The molecular weight excluding hydrogens is 240 g/mol. The number of carbonyl (C=O) groups excluding carboxylic acids is 1. The van der Waals surface area contributed by atoms with Gasteiger partial charge in [-0.3, -0.25) is 4.79 Å². The molecule has 0 saturated heterocycles. The highest BCUT2D eigenvalue weighted by Crippen LogP contribution is 2.24. The Morgan fingerprint density at radius 3 is 2.63 bits per heavy atom. The molecule has 0 bridgehead atoms. The summed E-state index contributed by atoms with van der Waals surface area (Å²) in [6.07, 6.45) is 0.975. The van der Waals surface area contributed by atoms with Crippen molar-refractivity contribution in [2.45, 2.75) is 13.0 Å². The highest BCUT2D eigenvalue weighted by Gasteiger charge is 2.23. The molecule has 0 aliphatic rings. The Labute approximate surface area is 112 Å². The van der Waals surface area contributed by atoms with Gasteiger partial charge in [-0.05, 0) is 24.1 Å². The van der Waals surface area contributed by atoms with Crippen LogP contribution >= 0.6 is 0 Å². The molecule has 1 heterocycles. The number of ether oxygens (including phenoxy) is 1. The van der Waals surface area contributed by atoms with E-state index < -0.39 is 6.10 Å². The van der Waals surface area contributed by atoms with Crippen molar-refractivity contribution in [2.24, 2.45) is 0 Å². The summed E-state index contributed by atoms with van der Waals surface area (Å²) in [6, 6.07) is 11.1. The lowest BCUT2D eigenvalue weighted by molar-refractivity contribution is 0.0605. The maximum absolute atomic E-state index is 12.5. The maximum atomic E-state index is 12.5. The Balaban J connectivity index is 2.39. The number of methoxy groups -OCH3 is 1. The summed E-state index contributed by atoms with van der Waals surface area (Å²) in [6.45, 7) is 1.87. The fourth-order valence-corrected chi connectivity index (χ4v) is 1.94. The van der Waals surface area contributed by atoms with Gasteiger partial charge in [0.15, 0.2) is 5.78 Å². The Bertz CT molecular complexity index is 582. The van der Waals surface area contributed by atoms with E-state index in [0.717, 1.165) is 11.1 Å². The molecule has 98 valence electrons. The van der Waals surface area contributed by atoms with Gasteiger partial charge in [-0.2, -0.15) is 0 Å². The summed E-state index contributed by atoms with van der Waals surface area (Å²) in [5.74, 6) is 0.0518. The number of pyridine rings is 1. The van der Waals surface area contributed by atoms with E-state index in [4.69, 9.17) is 10.5 Å². The number of anilines is 1. The molecule has 0 radical (unpaired) electrons. The van der Waals surface area contributed by atoms with E-state index >= 15 is 0 Å². The van der Waals surface area contributed by atoms with Crippen LogP contribution in [0.4, 0.5) is 5.82 Å². The first-order valence-electron chi connectivity index (χ1n) is 5.97. The lowest BCUT2D eigenvalue weighted by Crippen LogP contribution is -2.17. The maximum Gasteiger partial charge on any atom is 0.199 e. The van der Waals surface area contributed by atoms with Gasteiger partial charge in [-0.1, -0.05) is 30.3 Å². The van der Waals surface area contributed by atoms with Crippen molar-refractivity contribution in [3.63, 3.8) is 0 Å². The summed E-state index contributed by atoms with van der Waals surface area (Å²) in [5.41, 5.74) is 7.86. The largest absolute Gasteiger partial charge is 0.383 e. The number of nitrogens with zero attached hydrogens (tertiary/aromatic N) is 1. The van der Waals surface area contributed by atoms with E-state index in [1.807, 2.05) is 37.3 Å². The van der Waals surface area contributed by atoms with Crippen LogP contribution in [0.2, 0.25) is 0 Å². The van der Waals surface area contributed by atoms with Gasteiger partial charge in [-0.25, -0.2) is 4.98 Å². The Morgan fingerprint density at radius 1 is 1.32 bits per heavy atom. The van der Waals surface area contributed by atoms with Crippen LogP contribution < -0.4 is 5.73 Å². The minimum Gasteiger partial charge on any atom is -0.383 e. The number of ketones is 1. The molecule has 0 aliphatic carbocycles. The van der Waals surface area contributed by atoms with Crippen LogP contribution in [0.3, 0.4) is 0 Å². The fraction of sp³-hybridized carbons (Fsp3) is 0.200. The Morgan fingerprint density at radius 2 is 2.00 bits per heavy atom. The Hall–Kier alpha value is -2.20. The highest BCUT2D eigenvalue weighted by atomic mass is 16.5. The number of nitrogen functional groups attached to an aromatic ring is 1. The monoisotopic (exact) mass is 256 g/mol. The van der Waals surface area contributed by atoms with Gasteiger partial charge < -0.3 is 10.5 Å². The summed E-state index contributed by atoms with van der Waals surface area (Å²) in [5, 5.41) is 0. The van der Waals surface area contributed by atoms with Gasteiger partial charge in [-0.15, -0.1) is 0 Å². The van der Waals surface area contributed by atoms with Crippen molar-refractivity contribution in [1.82, 2.24) is 4.98 Å². The summed E-state index contributed by atoms with van der Waals surface area (Å²) in [4.78, 5) is 16.5. The molecule has 1 aromatic carbocycles. The standard InChI is InChI=1S/C15H16N2O2/c1-10-8-12(15(16)17-9-10)13(18)14(19-2)11-6-4-3-5-7-11/h3-9,14H,1-2H3,(H2,16,17).